The first-order valence-corrected chi connectivity index (χ1v) is 10.4. The monoisotopic (exact) mass is 498 g/mol. The van der Waals surface area contributed by atoms with Gasteiger partial charge >= 0.3 is 18.1 Å². The van der Waals surface area contributed by atoms with E-state index >= 15 is 0 Å². The first-order chi connectivity index (χ1) is 17.1. The second-order valence-corrected chi connectivity index (χ2v) is 7.62. The van der Waals surface area contributed by atoms with Gasteiger partial charge in [-0.15, -0.1) is 0 Å². The van der Waals surface area contributed by atoms with Crippen LogP contribution in [0.25, 0.3) is 11.0 Å². The summed E-state index contributed by atoms with van der Waals surface area (Å²) in [4.78, 5) is 36.9. The fourth-order valence-electron chi connectivity index (χ4n) is 3.33. The van der Waals surface area contributed by atoms with E-state index < -0.39 is 40.6 Å². The van der Waals surface area contributed by atoms with Gasteiger partial charge in [-0.1, -0.05) is 17.7 Å². The number of ether oxygens (including phenoxy) is 3. The zero-order valence-corrected chi connectivity index (χ0v) is 18.8. The number of halogens is 3. The van der Waals surface area contributed by atoms with Crippen LogP contribution >= 0.6 is 0 Å². The van der Waals surface area contributed by atoms with Crippen molar-refractivity contribution in [2.24, 2.45) is 0 Å². The Balaban J connectivity index is 1.71. The lowest BCUT2D eigenvalue weighted by atomic mass is 10.1. The van der Waals surface area contributed by atoms with E-state index in [0.29, 0.717) is 0 Å². The van der Waals surface area contributed by atoms with Crippen LogP contribution in [0.2, 0.25) is 0 Å². The molecule has 0 unspecified atom stereocenters. The van der Waals surface area contributed by atoms with Crippen LogP contribution in [0.5, 0.6) is 17.2 Å². The quantitative estimate of drug-likeness (QED) is 0.249. The van der Waals surface area contributed by atoms with E-state index in [1.54, 1.807) is 25.1 Å². The van der Waals surface area contributed by atoms with Crippen LogP contribution in [0, 0.1) is 6.92 Å². The highest BCUT2D eigenvalue weighted by atomic mass is 19.4. The van der Waals surface area contributed by atoms with Gasteiger partial charge in [0.2, 0.25) is 11.2 Å². The van der Waals surface area contributed by atoms with Crippen molar-refractivity contribution in [3.05, 3.63) is 99.4 Å². The summed E-state index contributed by atoms with van der Waals surface area (Å²) in [7, 11) is 1.18. The van der Waals surface area contributed by atoms with Crippen LogP contribution in [-0.4, -0.2) is 19.0 Å². The van der Waals surface area contributed by atoms with Gasteiger partial charge in [0.05, 0.1) is 23.6 Å². The Bertz CT molecular complexity index is 1520. The minimum absolute atomic E-state index is 0.114. The Hall–Kier alpha value is -4.60. The number of carbonyl (C=O) groups is 2. The fourth-order valence-corrected chi connectivity index (χ4v) is 3.33. The molecule has 7 nitrogen and oxygen atoms in total. The number of fused-ring (bicyclic) bond motifs is 1. The summed E-state index contributed by atoms with van der Waals surface area (Å²) in [5.74, 6) is -4.38. The highest BCUT2D eigenvalue weighted by Crippen LogP contribution is 2.38. The SMILES string of the molecule is COC(=O)c1ccc(Oc2c(C(F)(F)F)oc3cc(OC(=O)c4cccc(C)c4)ccc3c2=O)cc1. The highest BCUT2D eigenvalue weighted by Gasteiger charge is 2.40. The molecule has 0 atom stereocenters. The number of hydrogen-bond acceptors (Lipinski definition) is 7. The van der Waals surface area contributed by atoms with Crippen molar-refractivity contribution in [1.82, 2.24) is 0 Å². The first-order valence-electron chi connectivity index (χ1n) is 10.4. The third-order valence-electron chi connectivity index (χ3n) is 5.04. The average Bonchev–Trinajstić information content (AvgIpc) is 2.84. The maximum absolute atomic E-state index is 13.8. The molecule has 0 amide bonds. The minimum Gasteiger partial charge on any atom is -0.465 e. The molecule has 0 bridgehead atoms. The van der Waals surface area contributed by atoms with Crippen molar-refractivity contribution in [2.45, 2.75) is 13.1 Å². The zero-order chi connectivity index (χ0) is 26.0. The van der Waals surface area contributed by atoms with Crippen LogP contribution in [-0.2, 0) is 10.9 Å². The lowest BCUT2D eigenvalue weighted by Gasteiger charge is -2.14. The minimum atomic E-state index is -5.08. The van der Waals surface area contributed by atoms with E-state index in [1.807, 2.05) is 0 Å². The number of alkyl halides is 3. The van der Waals surface area contributed by atoms with Crippen LogP contribution in [0.4, 0.5) is 13.2 Å². The zero-order valence-electron chi connectivity index (χ0n) is 18.8. The third kappa shape index (κ3) is 5.07. The Kier molecular flexibility index (Phi) is 6.52. The summed E-state index contributed by atoms with van der Waals surface area (Å²) in [5.41, 5.74) is -0.336. The van der Waals surface area contributed by atoms with Crippen LogP contribution < -0.4 is 14.9 Å². The maximum Gasteiger partial charge on any atom is 0.453 e. The van der Waals surface area contributed by atoms with Crippen molar-refractivity contribution < 1.29 is 41.4 Å². The van der Waals surface area contributed by atoms with Gasteiger partial charge in [0.15, 0.2) is 0 Å². The molecule has 36 heavy (non-hydrogen) atoms. The third-order valence-corrected chi connectivity index (χ3v) is 5.04. The lowest BCUT2D eigenvalue weighted by Crippen LogP contribution is -2.15. The Morgan fingerprint density at radius 2 is 1.56 bits per heavy atom. The largest absolute Gasteiger partial charge is 0.465 e. The summed E-state index contributed by atoms with van der Waals surface area (Å²) >= 11 is 0. The molecule has 0 N–H and O–H groups in total. The predicted octanol–water partition coefficient (Wildman–Crippen LogP) is 5.92. The van der Waals surface area contributed by atoms with Gasteiger partial charge in [-0.05, 0) is 55.5 Å². The molecule has 184 valence electrons. The van der Waals surface area contributed by atoms with Crippen LogP contribution in [0.1, 0.15) is 32.0 Å². The molecular weight excluding hydrogens is 481 g/mol. The van der Waals surface area contributed by atoms with Crippen molar-refractivity contribution in [3.8, 4) is 17.2 Å². The topological polar surface area (TPSA) is 92.0 Å². The van der Waals surface area contributed by atoms with E-state index in [-0.39, 0.29) is 28.0 Å². The average molecular weight is 498 g/mol. The van der Waals surface area contributed by atoms with Gasteiger partial charge < -0.3 is 18.6 Å². The lowest BCUT2D eigenvalue weighted by molar-refractivity contribution is -0.154. The van der Waals surface area contributed by atoms with Gasteiger partial charge in [0.25, 0.3) is 5.76 Å². The molecule has 0 aliphatic rings. The molecule has 10 heteroatoms. The molecule has 4 rings (SSSR count). The predicted molar refractivity (Wildman–Crippen MR) is 121 cm³/mol. The van der Waals surface area contributed by atoms with Crippen LogP contribution in [0.3, 0.4) is 0 Å². The van der Waals surface area contributed by atoms with E-state index in [1.165, 1.54) is 49.6 Å². The maximum atomic E-state index is 13.8. The molecule has 0 aliphatic heterocycles. The second kappa shape index (κ2) is 9.57. The highest BCUT2D eigenvalue weighted by molar-refractivity contribution is 5.92. The van der Waals surface area contributed by atoms with Gasteiger partial charge in [0, 0.05) is 6.07 Å². The smallest absolute Gasteiger partial charge is 0.453 e. The standard InChI is InChI=1S/C26H17F3O7/c1-14-4-3-5-16(12-14)25(32)35-18-10-11-19-20(13-18)36-23(26(27,28)29)22(21(19)30)34-17-8-6-15(7-9-17)24(31)33-2/h3-13H,1-2H3. The normalized spacial score (nSPS) is 11.2. The number of esters is 2. The number of carbonyl (C=O) groups excluding carboxylic acids is 2. The number of methoxy groups -OCH3 is 1. The van der Waals surface area contributed by atoms with Crippen molar-refractivity contribution in [1.29, 1.82) is 0 Å². The molecule has 1 heterocycles. The van der Waals surface area contributed by atoms with Crippen molar-refractivity contribution >= 4 is 22.9 Å². The molecule has 4 aromatic rings. The Morgan fingerprint density at radius 1 is 0.861 bits per heavy atom. The van der Waals surface area contributed by atoms with Gasteiger partial charge in [0.1, 0.15) is 17.1 Å². The fraction of sp³-hybridized carbons (Fsp3) is 0.115. The molecule has 0 radical (unpaired) electrons. The second-order valence-electron chi connectivity index (χ2n) is 7.62. The first kappa shape index (κ1) is 24.5. The van der Waals surface area contributed by atoms with Crippen molar-refractivity contribution in [3.63, 3.8) is 0 Å². The van der Waals surface area contributed by atoms with E-state index in [4.69, 9.17) is 13.9 Å². The molecule has 0 spiro atoms. The van der Waals surface area contributed by atoms with Gasteiger partial charge in [-0.3, -0.25) is 4.79 Å². The Morgan fingerprint density at radius 3 is 2.19 bits per heavy atom. The molecule has 0 aliphatic carbocycles. The van der Waals surface area contributed by atoms with E-state index in [2.05, 4.69) is 4.74 Å². The van der Waals surface area contributed by atoms with Gasteiger partial charge in [-0.2, -0.15) is 13.2 Å². The molecule has 0 fully saturated rings. The van der Waals surface area contributed by atoms with Gasteiger partial charge in [-0.25, -0.2) is 9.59 Å². The van der Waals surface area contributed by atoms with Crippen molar-refractivity contribution in [2.75, 3.05) is 7.11 Å². The molecule has 1 aromatic heterocycles. The molecule has 3 aromatic carbocycles. The molecule has 0 saturated heterocycles. The van der Waals surface area contributed by atoms with E-state index in [9.17, 15) is 27.6 Å². The summed E-state index contributed by atoms with van der Waals surface area (Å²) in [6.07, 6.45) is -5.08. The number of aryl methyl sites for hydroxylation is 1. The van der Waals surface area contributed by atoms with E-state index in [0.717, 1.165) is 11.6 Å². The summed E-state index contributed by atoms with van der Waals surface area (Å²) < 4.78 is 61.4. The summed E-state index contributed by atoms with van der Waals surface area (Å²) in [6, 6.07) is 15.0. The number of rotatable bonds is 5. The summed E-state index contributed by atoms with van der Waals surface area (Å²) in [6.45, 7) is 1.78. The molecular formula is C26H17F3O7. The number of benzene rings is 3. The summed E-state index contributed by atoms with van der Waals surface area (Å²) in [5, 5.41) is -0.223. The Labute approximate surface area is 201 Å². The number of hydrogen-bond donors (Lipinski definition) is 0. The van der Waals surface area contributed by atoms with Crippen LogP contribution in [0.15, 0.2) is 75.9 Å². The molecule has 0 saturated carbocycles.